The van der Waals surface area contributed by atoms with Crippen molar-refractivity contribution in [3.05, 3.63) is 59.9 Å². The maximum absolute atomic E-state index is 5.83. The molecule has 2 aliphatic heterocycles. The smallest absolute Gasteiger partial charge is 0.225 e. The molecule has 0 amide bonds. The zero-order chi connectivity index (χ0) is 22.8. The highest BCUT2D eigenvalue weighted by Gasteiger charge is 2.31. The van der Waals surface area contributed by atoms with Gasteiger partial charge in [-0.3, -0.25) is 4.90 Å². The number of anilines is 1. The van der Waals surface area contributed by atoms with Crippen molar-refractivity contribution in [2.45, 2.75) is 25.4 Å². The Kier molecular flexibility index (Phi) is 6.05. The first-order chi connectivity index (χ1) is 16.1. The Morgan fingerprint density at radius 2 is 1.85 bits per heavy atom. The van der Waals surface area contributed by atoms with E-state index in [0.29, 0.717) is 13.2 Å². The highest BCUT2D eigenvalue weighted by atomic mass is 16.6. The van der Waals surface area contributed by atoms with Crippen LogP contribution in [0.4, 0.5) is 5.95 Å². The number of hydrogen-bond donors (Lipinski definition) is 0. The fraction of sp³-hybridized carbons (Fsp3) is 0.385. The van der Waals surface area contributed by atoms with Crippen LogP contribution in [0, 0.1) is 0 Å². The first-order valence-electron chi connectivity index (χ1n) is 11.4. The lowest BCUT2D eigenvalue weighted by molar-refractivity contribution is 0.169. The summed E-state index contributed by atoms with van der Waals surface area (Å²) in [4.78, 5) is 14.1. The van der Waals surface area contributed by atoms with Gasteiger partial charge in [0.15, 0.2) is 11.5 Å². The Balaban J connectivity index is 1.51. The van der Waals surface area contributed by atoms with Gasteiger partial charge in [0.2, 0.25) is 5.95 Å². The molecule has 0 radical (unpaired) electrons. The summed E-state index contributed by atoms with van der Waals surface area (Å²) in [7, 11) is 5.67. The van der Waals surface area contributed by atoms with Crippen molar-refractivity contribution in [2.75, 3.05) is 45.9 Å². The molecule has 0 bridgehead atoms. The van der Waals surface area contributed by atoms with Gasteiger partial charge in [0.05, 0.1) is 18.8 Å². The minimum atomic E-state index is 0.194. The molecular weight excluding hydrogens is 416 g/mol. The second-order valence-electron chi connectivity index (χ2n) is 8.67. The van der Waals surface area contributed by atoms with Crippen LogP contribution in [0.5, 0.6) is 17.2 Å². The third-order valence-electron chi connectivity index (χ3n) is 6.29. The van der Waals surface area contributed by atoms with E-state index in [0.717, 1.165) is 71.5 Å². The molecule has 7 nitrogen and oxygen atoms in total. The number of ether oxygens (including phenoxy) is 3. The molecule has 5 rings (SSSR count). The van der Waals surface area contributed by atoms with Crippen molar-refractivity contribution in [1.82, 2.24) is 14.9 Å². The quantitative estimate of drug-likeness (QED) is 0.559. The average Bonchev–Trinajstić information content (AvgIpc) is 3.31. The molecule has 172 valence electrons. The van der Waals surface area contributed by atoms with Crippen LogP contribution in [0.3, 0.4) is 0 Å². The summed E-state index contributed by atoms with van der Waals surface area (Å²) >= 11 is 0. The van der Waals surface area contributed by atoms with E-state index < -0.39 is 0 Å². The molecule has 0 N–H and O–H groups in total. The van der Waals surface area contributed by atoms with Gasteiger partial charge in [-0.1, -0.05) is 30.3 Å². The van der Waals surface area contributed by atoms with Crippen LogP contribution in [-0.4, -0.2) is 55.8 Å². The summed E-state index contributed by atoms with van der Waals surface area (Å²) in [6.07, 6.45) is 4.14. The number of nitrogens with zero attached hydrogens (tertiary/aromatic N) is 4. The van der Waals surface area contributed by atoms with E-state index in [1.165, 1.54) is 0 Å². The molecule has 0 aliphatic carbocycles. The fourth-order valence-corrected chi connectivity index (χ4v) is 4.66. The van der Waals surface area contributed by atoms with Crippen LogP contribution >= 0.6 is 0 Å². The fourth-order valence-electron chi connectivity index (χ4n) is 4.66. The number of methoxy groups -OCH3 is 1. The number of fused-ring (bicyclic) bond motifs is 1. The van der Waals surface area contributed by atoms with Crippen molar-refractivity contribution in [3.8, 4) is 28.4 Å². The Morgan fingerprint density at radius 3 is 2.58 bits per heavy atom. The number of hydrogen-bond acceptors (Lipinski definition) is 7. The lowest BCUT2D eigenvalue weighted by atomic mass is 9.99. The largest absolute Gasteiger partial charge is 0.496 e. The number of rotatable bonds is 6. The van der Waals surface area contributed by atoms with Gasteiger partial charge in [0.1, 0.15) is 19.0 Å². The zero-order valence-corrected chi connectivity index (χ0v) is 19.5. The summed E-state index contributed by atoms with van der Waals surface area (Å²) in [5.74, 6) is 3.09. The lowest BCUT2D eigenvalue weighted by Gasteiger charge is -2.28. The monoisotopic (exact) mass is 446 g/mol. The predicted octanol–water partition coefficient (Wildman–Crippen LogP) is 4.33. The van der Waals surface area contributed by atoms with E-state index >= 15 is 0 Å². The predicted molar refractivity (Wildman–Crippen MR) is 128 cm³/mol. The molecule has 3 heterocycles. The maximum atomic E-state index is 5.83. The molecule has 1 aromatic heterocycles. The van der Waals surface area contributed by atoms with Crippen molar-refractivity contribution in [1.29, 1.82) is 0 Å². The van der Waals surface area contributed by atoms with Gasteiger partial charge in [-0.25, -0.2) is 9.97 Å². The van der Waals surface area contributed by atoms with Gasteiger partial charge < -0.3 is 19.1 Å². The molecule has 1 saturated heterocycles. The highest BCUT2D eigenvalue weighted by Crippen LogP contribution is 2.41. The maximum Gasteiger partial charge on any atom is 0.225 e. The summed E-state index contributed by atoms with van der Waals surface area (Å²) in [5.41, 5.74) is 4.40. The Hall–Kier alpha value is -3.32. The topological polar surface area (TPSA) is 60.0 Å². The molecule has 0 saturated carbocycles. The average molecular weight is 447 g/mol. The SMILES string of the molecule is COc1cc2c(cc1CN1CCCC1c1nc(N(C)C)ncc1-c1ccccc1)OCCO2. The van der Waals surface area contributed by atoms with Gasteiger partial charge in [-0.2, -0.15) is 0 Å². The van der Waals surface area contributed by atoms with E-state index in [2.05, 4.69) is 40.2 Å². The van der Waals surface area contributed by atoms with Gasteiger partial charge in [-0.15, -0.1) is 0 Å². The van der Waals surface area contributed by atoms with Crippen LogP contribution in [-0.2, 0) is 6.54 Å². The number of aromatic nitrogens is 2. The third-order valence-corrected chi connectivity index (χ3v) is 6.29. The molecule has 33 heavy (non-hydrogen) atoms. The van der Waals surface area contributed by atoms with E-state index in [1.807, 2.05) is 37.3 Å². The second kappa shape index (κ2) is 9.27. The van der Waals surface area contributed by atoms with Crippen molar-refractivity contribution >= 4 is 5.95 Å². The lowest BCUT2D eigenvalue weighted by Crippen LogP contribution is -2.25. The third kappa shape index (κ3) is 4.33. The van der Waals surface area contributed by atoms with Crippen LogP contribution in [0.25, 0.3) is 11.1 Å². The first-order valence-corrected chi connectivity index (χ1v) is 11.4. The minimum Gasteiger partial charge on any atom is -0.496 e. The Morgan fingerprint density at radius 1 is 1.09 bits per heavy atom. The van der Waals surface area contributed by atoms with Gasteiger partial charge in [0.25, 0.3) is 0 Å². The molecule has 1 fully saturated rings. The van der Waals surface area contributed by atoms with Crippen LogP contribution < -0.4 is 19.1 Å². The summed E-state index contributed by atoms with van der Waals surface area (Å²) in [5, 5.41) is 0. The molecule has 2 aromatic carbocycles. The number of benzene rings is 2. The van der Waals surface area contributed by atoms with Crippen LogP contribution in [0.1, 0.15) is 30.1 Å². The highest BCUT2D eigenvalue weighted by molar-refractivity contribution is 5.66. The van der Waals surface area contributed by atoms with Gasteiger partial charge in [0, 0.05) is 44.0 Å². The second-order valence-corrected chi connectivity index (χ2v) is 8.67. The zero-order valence-electron chi connectivity index (χ0n) is 19.5. The Bertz CT molecular complexity index is 1120. The molecule has 1 atom stereocenters. The standard InChI is InChI=1S/C26H30N4O3/c1-29(2)26-27-16-20(18-8-5-4-6-9-18)25(28-26)21-10-7-11-30(21)17-19-14-23-24(15-22(19)31-3)33-13-12-32-23/h4-6,8-9,14-16,21H,7,10-13,17H2,1-3H3. The van der Waals surface area contributed by atoms with Crippen LogP contribution in [0.2, 0.25) is 0 Å². The summed E-state index contributed by atoms with van der Waals surface area (Å²) in [6, 6.07) is 14.6. The summed E-state index contributed by atoms with van der Waals surface area (Å²) in [6.45, 7) is 2.88. The molecule has 2 aliphatic rings. The molecule has 1 unspecified atom stereocenters. The molecule has 7 heteroatoms. The van der Waals surface area contributed by atoms with E-state index in [-0.39, 0.29) is 6.04 Å². The van der Waals surface area contributed by atoms with Crippen molar-refractivity contribution in [3.63, 3.8) is 0 Å². The Labute approximate surface area is 194 Å². The normalized spacial score (nSPS) is 17.7. The van der Waals surface area contributed by atoms with Crippen molar-refractivity contribution < 1.29 is 14.2 Å². The molecular formula is C26H30N4O3. The summed E-state index contributed by atoms with van der Waals surface area (Å²) < 4.78 is 17.3. The van der Waals surface area contributed by atoms with E-state index in [4.69, 9.17) is 19.2 Å². The number of likely N-dealkylation sites (tertiary alicyclic amines) is 1. The van der Waals surface area contributed by atoms with Crippen LogP contribution in [0.15, 0.2) is 48.7 Å². The first kappa shape index (κ1) is 21.5. The molecule has 0 spiro atoms. The van der Waals surface area contributed by atoms with Crippen molar-refractivity contribution in [2.24, 2.45) is 0 Å². The van der Waals surface area contributed by atoms with Gasteiger partial charge in [-0.05, 0) is 31.0 Å². The van der Waals surface area contributed by atoms with E-state index in [1.54, 1.807) is 7.11 Å². The molecule has 3 aromatic rings. The minimum absolute atomic E-state index is 0.194. The van der Waals surface area contributed by atoms with Gasteiger partial charge >= 0.3 is 0 Å². The van der Waals surface area contributed by atoms with E-state index in [9.17, 15) is 0 Å².